The Morgan fingerprint density at radius 2 is 1.75 bits per heavy atom. The van der Waals surface area contributed by atoms with Gasteiger partial charge in [-0.1, -0.05) is 59.6 Å². The lowest BCUT2D eigenvalue weighted by Gasteiger charge is -2.28. The maximum Gasteiger partial charge on any atom is 0.237 e. The monoisotopic (exact) mass is 523 g/mol. The van der Waals surface area contributed by atoms with Crippen molar-refractivity contribution >= 4 is 40.0 Å². The molecule has 1 heterocycles. The largest absolute Gasteiger partial charge is 0.361 e. The molecule has 1 fully saturated rings. The van der Waals surface area contributed by atoms with E-state index >= 15 is 0 Å². The lowest BCUT2D eigenvalue weighted by Crippen LogP contribution is -2.41. The number of para-hydroxylation sites is 1. The second-order valence-corrected chi connectivity index (χ2v) is 10.3. The van der Waals surface area contributed by atoms with Gasteiger partial charge in [-0.15, -0.1) is 0 Å². The SMILES string of the molecule is O=C(CN(Cc1cccc(F)c1)C1CC1)N(CCc1c[nH]c2ccccc12)Cc1ccc(Cl)c(Cl)c1. The van der Waals surface area contributed by atoms with Gasteiger partial charge in [-0.25, -0.2) is 4.39 Å². The highest BCUT2D eigenvalue weighted by atomic mass is 35.5. The van der Waals surface area contributed by atoms with Crippen LogP contribution in [0.3, 0.4) is 0 Å². The van der Waals surface area contributed by atoms with Crippen molar-refractivity contribution in [1.29, 1.82) is 0 Å². The number of nitrogens with zero attached hydrogens (tertiary/aromatic N) is 2. The summed E-state index contributed by atoms with van der Waals surface area (Å²) in [5.74, 6) is -0.209. The minimum atomic E-state index is -0.255. The first-order chi connectivity index (χ1) is 17.5. The van der Waals surface area contributed by atoms with Crippen LogP contribution in [0.15, 0.2) is 72.9 Å². The Labute approximate surface area is 220 Å². The van der Waals surface area contributed by atoms with Gasteiger partial charge in [-0.2, -0.15) is 0 Å². The summed E-state index contributed by atoms with van der Waals surface area (Å²) in [4.78, 5) is 21.0. The van der Waals surface area contributed by atoms with Crippen molar-refractivity contribution in [3.8, 4) is 0 Å². The third kappa shape index (κ3) is 6.09. The predicted octanol–water partition coefficient (Wildman–Crippen LogP) is 6.85. The number of carbonyl (C=O) groups is 1. The molecular formula is C29H28Cl2FN3O. The highest BCUT2D eigenvalue weighted by Crippen LogP contribution is 2.29. The first-order valence-corrected chi connectivity index (χ1v) is 13.0. The van der Waals surface area contributed by atoms with Crippen LogP contribution in [0.5, 0.6) is 0 Å². The molecule has 5 rings (SSSR count). The number of H-pyrrole nitrogens is 1. The molecule has 0 aliphatic heterocycles. The molecule has 1 aromatic heterocycles. The van der Waals surface area contributed by atoms with Crippen LogP contribution in [0, 0.1) is 5.82 Å². The Kier molecular flexibility index (Phi) is 7.61. The number of rotatable bonds is 10. The number of aromatic amines is 1. The molecule has 4 nitrogen and oxygen atoms in total. The van der Waals surface area contributed by atoms with Crippen molar-refractivity contribution in [2.24, 2.45) is 0 Å². The first kappa shape index (κ1) is 24.8. The van der Waals surface area contributed by atoms with Crippen molar-refractivity contribution in [2.75, 3.05) is 13.1 Å². The van der Waals surface area contributed by atoms with Crippen LogP contribution in [0.25, 0.3) is 10.9 Å². The molecule has 0 bridgehead atoms. The van der Waals surface area contributed by atoms with Gasteiger partial charge in [-0.3, -0.25) is 9.69 Å². The summed E-state index contributed by atoms with van der Waals surface area (Å²) >= 11 is 12.4. The molecule has 3 aromatic carbocycles. The van der Waals surface area contributed by atoms with Gasteiger partial charge < -0.3 is 9.88 Å². The van der Waals surface area contributed by atoms with E-state index in [1.807, 2.05) is 41.4 Å². The molecule has 0 unspecified atom stereocenters. The highest BCUT2D eigenvalue weighted by molar-refractivity contribution is 6.42. The number of hydrogen-bond donors (Lipinski definition) is 1. The van der Waals surface area contributed by atoms with Gasteiger partial charge in [0, 0.05) is 42.8 Å². The van der Waals surface area contributed by atoms with E-state index in [1.165, 1.54) is 17.0 Å². The molecule has 0 radical (unpaired) electrons. The van der Waals surface area contributed by atoms with E-state index < -0.39 is 0 Å². The second-order valence-electron chi connectivity index (χ2n) is 9.44. The maximum absolute atomic E-state index is 13.8. The smallest absolute Gasteiger partial charge is 0.237 e. The first-order valence-electron chi connectivity index (χ1n) is 12.2. The zero-order valence-corrected chi connectivity index (χ0v) is 21.4. The highest BCUT2D eigenvalue weighted by Gasteiger charge is 2.31. The number of hydrogen-bond acceptors (Lipinski definition) is 2. The van der Waals surface area contributed by atoms with E-state index in [-0.39, 0.29) is 18.3 Å². The van der Waals surface area contributed by atoms with Crippen LogP contribution in [0.2, 0.25) is 10.0 Å². The summed E-state index contributed by atoms with van der Waals surface area (Å²) in [6.07, 6.45) is 4.87. The normalized spacial score (nSPS) is 13.4. The number of aromatic nitrogens is 1. The number of benzene rings is 3. The second kappa shape index (κ2) is 11.0. The fourth-order valence-electron chi connectivity index (χ4n) is 4.64. The molecule has 7 heteroatoms. The quantitative estimate of drug-likeness (QED) is 0.247. The van der Waals surface area contributed by atoms with Crippen molar-refractivity contribution in [3.63, 3.8) is 0 Å². The molecule has 0 saturated heterocycles. The van der Waals surface area contributed by atoms with Gasteiger partial charge in [-0.05, 0) is 66.3 Å². The van der Waals surface area contributed by atoms with Gasteiger partial charge in [0.2, 0.25) is 5.91 Å². The molecule has 36 heavy (non-hydrogen) atoms. The summed E-state index contributed by atoms with van der Waals surface area (Å²) in [6.45, 7) is 1.85. The lowest BCUT2D eigenvalue weighted by molar-refractivity contribution is -0.133. The maximum atomic E-state index is 13.8. The average molecular weight is 524 g/mol. The van der Waals surface area contributed by atoms with E-state index in [9.17, 15) is 9.18 Å². The van der Waals surface area contributed by atoms with E-state index in [0.29, 0.717) is 35.7 Å². The van der Waals surface area contributed by atoms with Crippen LogP contribution in [-0.4, -0.2) is 39.8 Å². The standard InChI is InChI=1S/C29H28Cl2FN3O/c30-26-11-8-21(15-27(26)31)17-34(13-12-22-16-33-28-7-2-1-6-25(22)28)29(36)19-35(24-9-10-24)18-20-4-3-5-23(32)14-20/h1-8,11,14-16,24,33H,9-10,12-13,17-19H2. The minimum Gasteiger partial charge on any atom is -0.361 e. The summed E-state index contributed by atoms with van der Waals surface area (Å²) in [6, 6.07) is 20.7. The van der Waals surface area contributed by atoms with Crippen LogP contribution < -0.4 is 0 Å². The van der Waals surface area contributed by atoms with Gasteiger partial charge in [0.15, 0.2) is 0 Å². The van der Waals surface area contributed by atoms with Crippen molar-refractivity contribution in [2.45, 2.75) is 38.4 Å². The summed E-state index contributed by atoms with van der Waals surface area (Å²) in [5.41, 5.74) is 4.07. The number of fused-ring (bicyclic) bond motifs is 1. The Bertz CT molecular complexity index is 1370. The molecule has 1 saturated carbocycles. The van der Waals surface area contributed by atoms with Crippen molar-refractivity contribution < 1.29 is 9.18 Å². The van der Waals surface area contributed by atoms with E-state index in [1.54, 1.807) is 18.2 Å². The third-order valence-corrected chi connectivity index (χ3v) is 7.45. The van der Waals surface area contributed by atoms with Gasteiger partial charge >= 0.3 is 0 Å². The van der Waals surface area contributed by atoms with Crippen LogP contribution in [0.4, 0.5) is 4.39 Å². The molecule has 1 aliphatic rings. The Morgan fingerprint density at radius 1 is 0.944 bits per heavy atom. The van der Waals surface area contributed by atoms with Crippen molar-refractivity contribution in [3.05, 3.63) is 105 Å². The van der Waals surface area contributed by atoms with Gasteiger partial charge in [0.05, 0.1) is 16.6 Å². The summed E-state index contributed by atoms with van der Waals surface area (Å²) < 4.78 is 13.8. The zero-order chi connectivity index (χ0) is 25.1. The average Bonchev–Trinajstić information content (AvgIpc) is 3.64. The van der Waals surface area contributed by atoms with Crippen LogP contribution >= 0.6 is 23.2 Å². The molecule has 0 atom stereocenters. The zero-order valence-electron chi connectivity index (χ0n) is 19.9. The van der Waals surface area contributed by atoms with Gasteiger partial charge in [0.1, 0.15) is 5.82 Å². The van der Waals surface area contributed by atoms with Crippen LogP contribution in [-0.2, 0) is 24.3 Å². The van der Waals surface area contributed by atoms with E-state index in [2.05, 4.69) is 22.0 Å². The predicted molar refractivity (Wildman–Crippen MR) is 144 cm³/mol. The number of halogens is 3. The van der Waals surface area contributed by atoms with Gasteiger partial charge in [0.25, 0.3) is 0 Å². The Morgan fingerprint density at radius 3 is 2.53 bits per heavy atom. The molecule has 186 valence electrons. The number of nitrogens with one attached hydrogen (secondary N) is 1. The van der Waals surface area contributed by atoms with E-state index in [4.69, 9.17) is 23.2 Å². The third-order valence-electron chi connectivity index (χ3n) is 6.71. The molecule has 1 amide bonds. The number of amides is 1. The number of carbonyl (C=O) groups excluding carboxylic acids is 1. The molecule has 0 spiro atoms. The Hall–Kier alpha value is -2.86. The molecule has 4 aromatic rings. The molecule has 1 N–H and O–H groups in total. The van der Waals surface area contributed by atoms with E-state index in [0.717, 1.165) is 35.9 Å². The fraction of sp³-hybridized carbons (Fsp3) is 0.276. The molecule has 1 aliphatic carbocycles. The topological polar surface area (TPSA) is 39.3 Å². The van der Waals surface area contributed by atoms with Crippen molar-refractivity contribution in [1.82, 2.24) is 14.8 Å². The molecular weight excluding hydrogens is 496 g/mol. The van der Waals surface area contributed by atoms with Crippen LogP contribution in [0.1, 0.15) is 29.5 Å². The minimum absolute atomic E-state index is 0.0456. The lowest BCUT2D eigenvalue weighted by atomic mass is 10.1. The Balaban J connectivity index is 1.34. The fourth-order valence-corrected chi connectivity index (χ4v) is 4.96. The summed E-state index contributed by atoms with van der Waals surface area (Å²) in [5, 5.41) is 2.14. The summed E-state index contributed by atoms with van der Waals surface area (Å²) in [7, 11) is 0.